The van der Waals surface area contributed by atoms with Crippen molar-refractivity contribution >= 4 is 16.4 Å². The summed E-state index contributed by atoms with van der Waals surface area (Å²) < 4.78 is 6.49. The lowest BCUT2D eigenvalue weighted by Crippen LogP contribution is -2.43. The molecule has 0 aliphatic rings. The molecule has 1 N–H and O–H groups in total. The van der Waals surface area contributed by atoms with Crippen LogP contribution in [0.15, 0.2) is 0 Å². The second-order valence-electron chi connectivity index (χ2n) is 8.29. The molecule has 0 spiro atoms. The van der Waals surface area contributed by atoms with Gasteiger partial charge in [0.25, 0.3) is 0 Å². The van der Waals surface area contributed by atoms with E-state index in [9.17, 15) is 0 Å². The highest BCUT2D eigenvalue weighted by Crippen LogP contribution is 2.37. The van der Waals surface area contributed by atoms with Crippen molar-refractivity contribution < 1.29 is 9.53 Å². The van der Waals surface area contributed by atoms with E-state index >= 15 is 0 Å². The Balaban J connectivity index is 4.90. The molecule has 0 amide bonds. The first kappa shape index (κ1) is 21.5. The first-order valence-corrected chi connectivity index (χ1v) is 14.6. The molecule has 0 radical (unpaired) electrons. The molecule has 0 fully saturated rings. The third-order valence-electron chi connectivity index (χ3n) is 3.82. The smallest absolute Gasteiger partial charge is 0.193 e. The molecule has 0 heterocycles. The third-order valence-corrected chi connectivity index (χ3v) is 9.20. The van der Waals surface area contributed by atoms with Crippen molar-refractivity contribution in [3.63, 3.8) is 0 Å². The predicted octanol–water partition coefficient (Wildman–Crippen LogP) is 4.42. The van der Waals surface area contributed by atoms with Gasteiger partial charge >= 0.3 is 0 Å². The fourth-order valence-electron chi connectivity index (χ4n) is 1.51. The highest BCUT2D eigenvalue weighted by atomic mass is 28.4. The molecular formula is C18H34O2Si2. The van der Waals surface area contributed by atoms with E-state index in [4.69, 9.17) is 9.53 Å². The SMILES string of the molecule is CC(C)(C)[Si](C)(C)OC(C#C[Si](C)(C)C)CCCC#CCO. The van der Waals surface area contributed by atoms with Gasteiger partial charge in [-0.1, -0.05) is 52.3 Å². The normalized spacial score (nSPS) is 13.7. The van der Waals surface area contributed by atoms with E-state index in [1.807, 2.05) is 0 Å². The van der Waals surface area contributed by atoms with Crippen LogP contribution in [0.25, 0.3) is 0 Å². The molecule has 0 aliphatic carbocycles. The summed E-state index contributed by atoms with van der Waals surface area (Å²) in [7, 11) is -3.19. The second kappa shape index (κ2) is 8.94. The number of hydrogen-bond donors (Lipinski definition) is 1. The highest BCUT2D eigenvalue weighted by molar-refractivity contribution is 6.83. The van der Waals surface area contributed by atoms with Crippen molar-refractivity contribution in [3.05, 3.63) is 0 Å². The summed E-state index contributed by atoms with van der Waals surface area (Å²) >= 11 is 0. The van der Waals surface area contributed by atoms with Crippen LogP contribution in [0.4, 0.5) is 0 Å². The summed E-state index contributed by atoms with van der Waals surface area (Å²) in [5.74, 6) is 9.07. The maximum absolute atomic E-state index is 8.68. The Morgan fingerprint density at radius 2 is 1.64 bits per heavy atom. The molecule has 1 atom stereocenters. The molecule has 2 nitrogen and oxygen atoms in total. The summed E-state index contributed by atoms with van der Waals surface area (Å²) in [5.41, 5.74) is 3.46. The lowest BCUT2D eigenvalue weighted by molar-refractivity contribution is 0.221. The topological polar surface area (TPSA) is 29.5 Å². The van der Waals surface area contributed by atoms with Crippen molar-refractivity contribution in [2.45, 2.75) is 83.9 Å². The van der Waals surface area contributed by atoms with Gasteiger partial charge in [0.1, 0.15) is 20.8 Å². The molecule has 0 saturated carbocycles. The Hall–Kier alpha value is -0.526. The van der Waals surface area contributed by atoms with Gasteiger partial charge in [-0.3, -0.25) is 0 Å². The van der Waals surface area contributed by atoms with Crippen molar-refractivity contribution in [2.75, 3.05) is 6.61 Å². The van der Waals surface area contributed by atoms with E-state index in [0.717, 1.165) is 19.3 Å². The average molecular weight is 339 g/mol. The van der Waals surface area contributed by atoms with Gasteiger partial charge in [-0.25, -0.2) is 0 Å². The summed E-state index contributed by atoms with van der Waals surface area (Å²) in [6.07, 6.45) is 2.70. The van der Waals surface area contributed by atoms with E-state index in [1.165, 1.54) is 0 Å². The minimum atomic E-state index is -1.80. The van der Waals surface area contributed by atoms with Gasteiger partial charge in [-0.2, -0.15) is 0 Å². The van der Waals surface area contributed by atoms with Crippen LogP contribution in [0.1, 0.15) is 40.0 Å². The lowest BCUT2D eigenvalue weighted by Gasteiger charge is -2.38. The minimum Gasteiger partial charge on any atom is -0.403 e. The third kappa shape index (κ3) is 9.48. The van der Waals surface area contributed by atoms with Gasteiger partial charge in [-0.15, -0.1) is 11.5 Å². The lowest BCUT2D eigenvalue weighted by atomic mass is 10.1. The van der Waals surface area contributed by atoms with Crippen molar-refractivity contribution in [1.29, 1.82) is 0 Å². The predicted molar refractivity (Wildman–Crippen MR) is 102 cm³/mol. The first-order valence-electron chi connectivity index (χ1n) is 8.16. The molecule has 22 heavy (non-hydrogen) atoms. The Kier molecular flexibility index (Phi) is 8.72. The summed E-state index contributed by atoms with van der Waals surface area (Å²) in [5, 5.41) is 8.88. The molecule has 0 aromatic heterocycles. The molecule has 1 unspecified atom stereocenters. The van der Waals surface area contributed by atoms with E-state index < -0.39 is 16.4 Å². The maximum atomic E-state index is 8.68. The zero-order chi connectivity index (χ0) is 17.4. The summed E-state index contributed by atoms with van der Waals surface area (Å²) in [6.45, 7) is 18.1. The van der Waals surface area contributed by atoms with E-state index in [2.05, 4.69) is 76.8 Å². The molecule has 0 aliphatic heterocycles. The zero-order valence-corrected chi connectivity index (χ0v) is 17.8. The van der Waals surface area contributed by atoms with Gasteiger partial charge in [0.15, 0.2) is 8.32 Å². The van der Waals surface area contributed by atoms with Gasteiger partial charge in [0.2, 0.25) is 0 Å². The van der Waals surface area contributed by atoms with Crippen LogP contribution in [0, 0.1) is 23.3 Å². The monoisotopic (exact) mass is 338 g/mol. The average Bonchev–Trinajstić information content (AvgIpc) is 2.32. The van der Waals surface area contributed by atoms with E-state index in [-0.39, 0.29) is 17.7 Å². The number of rotatable bonds is 5. The van der Waals surface area contributed by atoms with Gasteiger partial charge in [0.05, 0.1) is 0 Å². The quantitative estimate of drug-likeness (QED) is 0.457. The summed E-state index contributed by atoms with van der Waals surface area (Å²) in [4.78, 5) is 0. The fourth-order valence-corrected chi connectivity index (χ4v) is 3.35. The molecule has 0 bridgehead atoms. The van der Waals surface area contributed by atoms with E-state index in [1.54, 1.807) is 0 Å². The van der Waals surface area contributed by atoms with Crippen LogP contribution < -0.4 is 0 Å². The minimum absolute atomic E-state index is 0.0172. The van der Waals surface area contributed by atoms with Gasteiger partial charge in [0, 0.05) is 6.42 Å². The van der Waals surface area contributed by atoms with Crippen LogP contribution in [0.3, 0.4) is 0 Å². The number of aliphatic hydroxyl groups is 1. The molecule has 0 saturated heterocycles. The van der Waals surface area contributed by atoms with Crippen LogP contribution in [-0.2, 0) is 4.43 Å². The molecule has 4 heteroatoms. The Bertz CT molecular complexity index is 448. The fraction of sp³-hybridized carbons (Fsp3) is 0.778. The van der Waals surface area contributed by atoms with Crippen LogP contribution in [-0.4, -0.2) is 34.2 Å². The second-order valence-corrected chi connectivity index (χ2v) is 17.8. The highest BCUT2D eigenvalue weighted by Gasteiger charge is 2.38. The Morgan fingerprint density at radius 3 is 2.09 bits per heavy atom. The van der Waals surface area contributed by atoms with Crippen LogP contribution in [0.2, 0.25) is 37.8 Å². The molecule has 126 valence electrons. The van der Waals surface area contributed by atoms with Crippen molar-refractivity contribution in [2.24, 2.45) is 0 Å². The molecule has 0 rings (SSSR count). The number of aliphatic hydroxyl groups excluding tert-OH is 1. The standard InChI is InChI=1S/C18H34O2Si2/c1-18(2,3)22(7,8)20-17(14-16-21(4,5)6)13-11-9-10-12-15-19/h17,19H,9,11,13,15H2,1-8H3. The Morgan fingerprint density at radius 1 is 1.05 bits per heavy atom. The van der Waals surface area contributed by atoms with Crippen molar-refractivity contribution in [1.82, 2.24) is 0 Å². The van der Waals surface area contributed by atoms with Gasteiger partial charge in [-0.05, 0) is 31.0 Å². The molecular weight excluding hydrogens is 304 g/mol. The molecule has 0 aromatic rings. The van der Waals surface area contributed by atoms with Crippen molar-refractivity contribution in [3.8, 4) is 23.3 Å². The first-order chi connectivity index (χ1) is 9.89. The van der Waals surface area contributed by atoms with Gasteiger partial charge < -0.3 is 9.53 Å². The largest absolute Gasteiger partial charge is 0.403 e. The Labute approximate surface area is 140 Å². The summed E-state index contributed by atoms with van der Waals surface area (Å²) in [6, 6.07) is 0. The zero-order valence-electron chi connectivity index (χ0n) is 15.8. The number of unbranched alkanes of at least 4 members (excludes halogenated alkanes) is 1. The maximum Gasteiger partial charge on any atom is 0.193 e. The van der Waals surface area contributed by atoms with E-state index in [0.29, 0.717) is 0 Å². The number of hydrogen-bond acceptors (Lipinski definition) is 2. The van der Waals surface area contributed by atoms with Crippen LogP contribution in [0.5, 0.6) is 0 Å². The molecule has 0 aromatic carbocycles. The van der Waals surface area contributed by atoms with Crippen LogP contribution >= 0.6 is 0 Å².